The second kappa shape index (κ2) is 15.7. The van der Waals surface area contributed by atoms with E-state index in [9.17, 15) is 0 Å². The molecule has 8 aromatic rings. The summed E-state index contributed by atoms with van der Waals surface area (Å²) in [4.78, 5) is 9.37. The number of anilines is 4. The van der Waals surface area contributed by atoms with Crippen LogP contribution in [0, 0.1) is 25.7 Å². The largest absolute Gasteiger partial charge is 0.509 e. The third-order valence-electron chi connectivity index (χ3n) is 11.5. The van der Waals surface area contributed by atoms with Crippen LogP contribution in [-0.4, -0.2) is 9.55 Å². The zero-order valence-electron chi connectivity index (χ0n) is 39.3. The minimum atomic E-state index is -2.39. The van der Waals surface area contributed by atoms with Gasteiger partial charge in [-0.05, 0) is 92.7 Å². The predicted molar refractivity (Wildman–Crippen MR) is 250 cm³/mol. The van der Waals surface area contributed by atoms with Crippen LogP contribution in [0.4, 0.5) is 22.7 Å². The molecule has 0 amide bonds. The number of hydrogen-bond donors (Lipinski definition) is 0. The number of benzene rings is 6. The quantitative estimate of drug-likeness (QED) is 0.156. The van der Waals surface area contributed by atoms with Crippen molar-refractivity contribution in [1.82, 2.24) is 9.55 Å². The van der Waals surface area contributed by atoms with Crippen LogP contribution in [0.2, 0.25) is 0 Å². The number of rotatable bonds is 6. The Bertz CT molecular complexity index is 3010. The van der Waals surface area contributed by atoms with Gasteiger partial charge in [0, 0.05) is 71.0 Å². The summed E-state index contributed by atoms with van der Waals surface area (Å²) < 4.78 is 34.5. The first kappa shape index (κ1) is 38.3. The smallest absolute Gasteiger partial charge is 0.135 e. The Labute approximate surface area is 380 Å². The van der Waals surface area contributed by atoms with Gasteiger partial charge in [0.2, 0.25) is 0 Å². The van der Waals surface area contributed by atoms with Crippen molar-refractivity contribution >= 4 is 44.6 Å². The van der Waals surface area contributed by atoms with Crippen LogP contribution in [-0.2, 0) is 37.3 Å². The number of hydrogen-bond acceptors (Lipinski definition) is 4. The molecular weight excluding hydrogens is 928 g/mol. The van der Waals surface area contributed by atoms with E-state index in [0.717, 1.165) is 55.7 Å². The zero-order valence-corrected chi connectivity index (χ0v) is 38.6. The van der Waals surface area contributed by atoms with Crippen molar-refractivity contribution in [1.29, 1.82) is 0 Å². The molecule has 6 heteroatoms. The summed E-state index contributed by atoms with van der Waals surface area (Å²) in [5.41, 5.74) is 10.9. The van der Waals surface area contributed by atoms with E-state index in [-0.39, 0.29) is 42.9 Å². The minimum Gasteiger partial charge on any atom is -0.509 e. The number of para-hydroxylation sites is 3. The normalized spacial score (nSPS) is 14.1. The topological polar surface area (TPSA) is 33.5 Å². The number of fused-ring (bicyclic) bond motifs is 4. The number of aryl methyl sites for hydroxylation is 1. The van der Waals surface area contributed by atoms with Crippen LogP contribution >= 0.6 is 0 Å². The Balaban J connectivity index is 0.00000560. The number of aromatic nitrogens is 2. The number of pyridine rings is 1. The van der Waals surface area contributed by atoms with Crippen molar-refractivity contribution in [2.24, 2.45) is 0 Å². The molecule has 0 fully saturated rings. The van der Waals surface area contributed by atoms with Gasteiger partial charge in [-0.25, -0.2) is 4.98 Å². The summed E-state index contributed by atoms with van der Waals surface area (Å²) in [6.45, 7) is 19.8. The van der Waals surface area contributed by atoms with Crippen LogP contribution in [0.1, 0.15) is 88.7 Å². The molecule has 61 heavy (non-hydrogen) atoms. The van der Waals surface area contributed by atoms with E-state index in [1.165, 1.54) is 11.1 Å². The Morgan fingerprint density at radius 1 is 0.607 bits per heavy atom. The molecule has 0 unspecified atom stereocenters. The van der Waals surface area contributed by atoms with Crippen LogP contribution in [0.25, 0.3) is 38.8 Å². The van der Waals surface area contributed by atoms with Gasteiger partial charge in [-0.15, -0.1) is 48.1 Å². The second-order valence-electron chi connectivity index (χ2n) is 19.0. The second-order valence-corrected chi connectivity index (χ2v) is 19.0. The molecular formula is C55H53N4OPt-3. The van der Waals surface area contributed by atoms with E-state index in [4.69, 9.17) is 13.8 Å². The van der Waals surface area contributed by atoms with Crippen molar-refractivity contribution in [2.45, 2.75) is 85.4 Å². The first-order valence-electron chi connectivity index (χ1n) is 22.2. The van der Waals surface area contributed by atoms with Gasteiger partial charge in [0.25, 0.3) is 0 Å². The van der Waals surface area contributed by atoms with Gasteiger partial charge in [-0.1, -0.05) is 128 Å². The molecule has 2 aromatic heterocycles. The molecule has 5 nitrogen and oxygen atoms in total. The van der Waals surface area contributed by atoms with E-state index in [1.54, 1.807) is 12.3 Å². The minimum absolute atomic E-state index is 0. The molecule has 312 valence electrons. The summed E-state index contributed by atoms with van der Waals surface area (Å²) in [5, 5.41) is 1.95. The summed E-state index contributed by atoms with van der Waals surface area (Å²) in [7, 11) is 0. The SMILES string of the molecule is [2H]C([2H])([2H])c1cc(-n2c3[c-]c(Oc4[c-]c(N5[CH-]N(c6cc(C(C)(C)C)cc(C(C)(C)C)c6)c6ccccc65)ccc4)ccc3c3ccccc32)ncc1-c1cccc(C(C)(C)C)c1.[Pt]. The molecule has 0 N–H and O–H groups in total. The molecule has 0 atom stereocenters. The average molecular weight is 984 g/mol. The van der Waals surface area contributed by atoms with Crippen molar-refractivity contribution < 1.29 is 29.9 Å². The van der Waals surface area contributed by atoms with E-state index in [2.05, 4.69) is 152 Å². The number of ether oxygens (including phenoxy) is 1. The summed E-state index contributed by atoms with van der Waals surface area (Å²) >= 11 is 0. The van der Waals surface area contributed by atoms with Gasteiger partial charge >= 0.3 is 0 Å². The molecule has 0 aliphatic carbocycles. The molecule has 1 aliphatic rings. The average Bonchev–Trinajstić information content (AvgIpc) is 3.78. The molecule has 9 rings (SSSR count). The molecule has 0 radical (unpaired) electrons. The van der Waals surface area contributed by atoms with Crippen molar-refractivity contribution in [3.05, 3.63) is 175 Å². The monoisotopic (exact) mass is 983 g/mol. The third-order valence-corrected chi connectivity index (χ3v) is 11.5. The zero-order chi connectivity index (χ0) is 44.6. The van der Waals surface area contributed by atoms with E-state index in [1.807, 2.05) is 65.2 Å². The molecule has 1 aliphatic heterocycles. The summed E-state index contributed by atoms with van der Waals surface area (Å²) in [6.07, 6.45) is 1.69. The van der Waals surface area contributed by atoms with E-state index < -0.39 is 6.85 Å². The summed E-state index contributed by atoms with van der Waals surface area (Å²) in [5.74, 6) is 1.51. The van der Waals surface area contributed by atoms with Crippen LogP contribution in [0.15, 0.2) is 134 Å². The predicted octanol–water partition coefficient (Wildman–Crippen LogP) is 14.8. The van der Waals surface area contributed by atoms with Crippen molar-refractivity contribution in [3.8, 4) is 28.4 Å². The van der Waals surface area contributed by atoms with Crippen LogP contribution < -0.4 is 14.5 Å². The molecule has 0 saturated heterocycles. The molecule has 3 heterocycles. The molecule has 0 spiro atoms. The molecule has 0 saturated carbocycles. The van der Waals surface area contributed by atoms with Gasteiger partial charge in [0.1, 0.15) is 5.82 Å². The Morgan fingerprint density at radius 2 is 1.26 bits per heavy atom. The fourth-order valence-corrected chi connectivity index (χ4v) is 8.00. The number of nitrogens with zero attached hydrogens (tertiary/aromatic N) is 4. The van der Waals surface area contributed by atoms with Gasteiger partial charge in [0.05, 0.1) is 0 Å². The maximum Gasteiger partial charge on any atom is 0.135 e. The molecule has 0 bridgehead atoms. The van der Waals surface area contributed by atoms with E-state index in [0.29, 0.717) is 22.9 Å². The third kappa shape index (κ3) is 8.01. The van der Waals surface area contributed by atoms with Crippen LogP contribution in [0.5, 0.6) is 11.5 Å². The van der Waals surface area contributed by atoms with Gasteiger partial charge < -0.3 is 19.1 Å². The fraction of sp³-hybridized carbons (Fsp3) is 0.236. The Hall–Kier alpha value is -5.64. The van der Waals surface area contributed by atoms with Crippen molar-refractivity contribution in [3.63, 3.8) is 0 Å². The first-order chi connectivity index (χ1) is 29.7. The Kier molecular flexibility index (Phi) is 9.84. The van der Waals surface area contributed by atoms with E-state index >= 15 is 0 Å². The van der Waals surface area contributed by atoms with Crippen molar-refractivity contribution in [2.75, 3.05) is 9.80 Å². The van der Waals surface area contributed by atoms with Crippen LogP contribution in [0.3, 0.4) is 0 Å². The van der Waals surface area contributed by atoms with Gasteiger partial charge in [-0.2, -0.15) is 12.1 Å². The maximum atomic E-state index is 8.64. The first-order valence-corrected chi connectivity index (χ1v) is 20.7. The standard InChI is InChI=1S/C55H53N4O.Pt/c1-36-27-52(56-34-47(36)37-17-15-18-38(28-37)53(2,3)4)59-48-22-12-11-21-45(48)46-26-25-44(33-51(46)59)60-43-20-16-19-41(32-43)57-35-58(50-24-14-13-23-49(50)57)42-30-39(54(5,6)7)29-40(31-42)55(8,9)10;/h11-31,34-35H,1-10H3;/q-3;/i1D3;. The fourth-order valence-electron chi connectivity index (χ4n) is 8.00. The maximum absolute atomic E-state index is 8.64. The Morgan fingerprint density at radius 3 is 1.97 bits per heavy atom. The molecule has 6 aromatic carbocycles. The van der Waals surface area contributed by atoms with Gasteiger partial charge in [-0.3, -0.25) is 0 Å². The van der Waals surface area contributed by atoms with Gasteiger partial charge in [0.15, 0.2) is 0 Å². The summed E-state index contributed by atoms with van der Waals surface area (Å²) in [6, 6.07) is 50.2.